The number of azo groups is 1. The molecule has 0 unspecified atom stereocenters. The van der Waals surface area contributed by atoms with Crippen LogP contribution in [-0.4, -0.2) is 78.1 Å². The minimum atomic E-state index is -0.0569. The zero-order valence-electron chi connectivity index (χ0n) is 93.2. The summed E-state index contributed by atoms with van der Waals surface area (Å²) in [4.78, 5) is 13.2. The molecule has 8 aromatic carbocycles. The molecule has 12 rings (SSSR count). The van der Waals surface area contributed by atoms with Crippen molar-refractivity contribution in [2.75, 3.05) is 66.1 Å². The van der Waals surface area contributed by atoms with Crippen molar-refractivity contribution in [1.29, 1.82) is 0 Å². The lowest BCUT2D eigenvalue weighted by Gasteiger charge is -2.58. The Labute approximate surface area is 896 Å². The Bertz CT molecular complexity index is 5070. The maximum absolute atomic E-state index is 13.2. The van der Waals surface area contributed by atoms with Gasteiger partial charge in [0.25, 0.3) is 0 Å². The van der Waals surface area contributed by atoms with Crippen molar-refractivity contribution in [2.24, 2.45) is 56.6 Å². The highest BCUT2D eigenvalue weighted by Gasteiger charge is 2.59. The number of fused-ring (bicyclic) bond motifs is 6. The van der Waals surface area contributed by atoms with Crippen LogP contribution in [0.15, 0.2) is 192 Å². The lowest BCUT2D eigenvalue weighted by molar-refractivity contribution is -0.151. The molecular formula is C134H192N2O12. The summed E-state index contributed by atoms with van der Waals surface area (Å²) in [5.41, 5.74) is 7.95. The third kappa shape index (κ3) is 41.5. The number of carbonyl (C=O) groups excluding carboxylic acids is 1. The van der Waals surface area contributed by atoms with Crippen LogP contribution in [0.5, 0.6) is 57.5 Å². The molecular weight excluding hydrogens is 1830 g/mol. The largest absolute Gasteiger partial charge is 0.494 e. The molecule has 0 spiro atoms. The Morgan fingerprint density at radius 3 is 1.15 bits per heavy atom. The van der Waals surface area contributed by atoms with E-state index in [1.807, 2.05) is 72.8 Å². The van der Waals surface area contributed by atoms with E-state index in [2.05, 4.69) is 181 Å². The lowest BCUT2D eigenvalue weighted by atomic mass is 9.47. The molecule has 14 nitrogen and oxygen atoms in total. The van der Waals surface area contributed by atoms with Crippen molar-refractivity contribution in [3.8, 4) is 80.5 Å². The van der Waals surface area contributed by atoms with E-state index in [0.717, 1.165) is 272 Å². The Hall–Kier alpha value is -9.61. The van der Waals surface area contributed by atoms with Gasteiger partial charge in [0.2, 0.25) is 5.75 Å². The fourth-order valence-electron chi connectivity index (χ4n) is 23.7. The molecule has 3 saturated carbocycles. The number of rotatable bonds is 78. The second-order valence-corrected chi connectivity index (χ2v) is 44.8. The molecule has 8 atom stereocenters. The van der Waals surface area contributed by atoms with Gasteiger partial charge in [0.15, 0.2) is 11.5 Å². The summed E-state index contributed by atoms with van der Waals surface area (Å²) >= 11 is 0. The molecule has 0 heterocycles. The van der Waals surface area contributed by atoms with Crippen molar-refractivity contribution < 1.29 is 56.9 Å². The van der Waals surface area contributed by atoms with Gasteiger partial charge in [-0.2, -0.15) is 10.2 Å². The first-order valence-corrected chi connectivity index (χ1v) is 60.1. The second-order valence-electron chi connectivity index (χ2n) is 44.8. The average molecular weight is 2020 g/mol. The normalized spacial score (nSPS) is 18.0. The van der Waals surface area contributed by atoms with Crippen molar-refractivity contribution in [2.45, 2.75) is 421 Å². The van der Waals surface area contributed by atoms with E-state index in [1.54, 1.807) is 5.57 Å². The molecule has 148 heavy (non-hydrogen) atoms. The van der Waals surface area contributed by atoms with Crippen LogP contribution in [-0.2, 0) is 9.53 Å². The van der Waals surface area contributed by atoms with E-state index >= 15 is 0 Å². The van der Waals surface area contributed by atoms with Crippen molar-refractivity contribution in [3.05, 3.63) is 193 Å². The second kappa shape index (κ2) is 68.3. The molecule has 0 amide bonds. The van der Waals surface area contributed by atoms with Gasteiger partial charge in [0.05, 0.1) is 83.0 Å². The molecule has 0 saturated heterocycles. The molecule has 4 aliphatic carbocycles. The van der Waals surface area contributed by atoms with E-state index < -0.39 is 0 Å². The van der Waals surface area contributed by atoms with Crippen LogP contribution in [0.25, 0.3) is 21.9 Å². The fraction of sp³-hybridized carbons (Fsp3) is 0.619. The molecule has 0 aromatic heterocycles. The summed E-state index contributed by atoms with van der Waals surface area (Å²) in [6.45, 7) is 26.0. The zero-order valence-corrected chi connectivity index (χ0v) is 93.2. The quantitative estimate of drug-likeness (QED) is 0.0118. The Morgan fingerprint density at radius 1 is 0.345 bits per heavy atom. The smallest absolute Gasteiger partial charge is 0.306 e. The highest BCUT2D eigenvalue weighted by atomic mass is 16.6. The van der Waals surface area contributed by atoms with Crippen LogP contribution in [0.1, 0.15) is 426 Å². The summed E-state index contributed by atoms with van der Waals surface area (Å²) in [5, 5.41) is 11.2. The Kier molecular flexibility index (Phi) is 54.0. The molecule has 0 aliphatic heterocycles. The summed E-state index contributed by atoms with van der Waals surface area (Å²) in [5.74, 6) is 20.1. The van der Waals surface area contributed by atoms with Crippen molar-refractivity contribution in [1.82, 2.24) is 0 Å². The van der Waals surface area contributed by atoms with Gasteiger partial charge < -0.3 is 52.1 Å². The minimum Gasteiger partial charge on any atom is -0.494 e. The molecule has 0 N–H and O–H groups in total. The topological polar surface area (TPSA) is 143 Å². The van der Waals surface area contributed by atoms with E-state index in [0.29, 0.717) is 77.9 Å². The summed E-state index contributed by atoms with van der Waals surface area (Å²) in [6.07, 6.45) is 69.6. The van der Waals surface area contributed by atoms with E-state index in [9.17, 15) is 4.79 Å². The molecule has 0 radical (unpaired) electrons. The molecule has 3 fully saturated rings. The molecule has 14 heteroatoms. The third-order valence-electron chi connectivity index (χ3n) is 32.6. The number of allylic oxidation sites excluding steroid dienone is 1. The highest BCUT2D eigenvalue weighted by Crippen LogP contribution is 2.68. The van der Waals surface area contributed by atoms with Gasteiger partial charge in [-0.3, -0.25) is 4.79 Å². The molecule has 4 aliphatic rings. The maximum Gasteiger partial charge on any atom is 0.306 e. The standard InChI is InChI=1S/C134H192N2O12/c1-9-12-15-18-21-24-27-30-34-47-100-145-129-88-67-111(131(146-101-48-35-31-28-25-22-19-16-13-10-2)132(129)147-102-49-36-32-29-26-23-20-17-14-11-3)60-57-108-58-73-117(74-59-108)138-93-43-37-33-38-44-94-139-118-75-61-109(62-76-118)110-63-77-119(78-64-110)140-95-45-39-40-46-96-141-120-81-69-115(70-82-120)135-136-116-71-83-121(84-72-116)142-97-50-41-51-98-143-122-79-65-113-104-123(80-66-112(113)103-122)144-99-52-42-56-130(137)148-124-89-91-133(7)114(105-124)68-85-125-127-87-86-126(107(6)55-53-54-106(4)5)134(127,8)92-90-128(125)133/h58-59,61-84,88,103-104,106-107,124-128H,9-56,85-87,89-102,105H2,1-8H3/t107-,124+,125+,126-,127+,128+,133+,134-/m1/s1. The Morgan fingerprint density at radius 2 is 0.716 bits per heavy atom. The third-order valence-corrected chi connectivity index (χ3v) is 32.6. The summed E-state index contributed by atoms with van der Waals surface area (Å²) < 4.78 is 69.4. The highest BCUT2D eigenvalue weighted by molar-refractivity contribution is 5.85. The number of nitrogens with zero attached hydrogens (tertiary/aromatic N) is 2. The first-order chi connectivity index (χ1) is 72.7. The number of benzene rings is 8. The van der Waals surface area contributed by atoms with Gasteiger partial charge in [0.1, 0.15) is 46.4 Å². The molecule has 8 aromatic rings. The van der Waals surface area contributed by atoms with Gasteiger partial charge in [-0.1, -0.05) is 327 Å². The van der Waals surface area contributed by atoms with Crippen LogP contribution in [0.2, 0.25) is 0 Å². The first kappa shape index (κ1) is 117. The molecule has 810 valence electrons. The lowest BCUT2D eigenvalue weighted by Crippen LogP contribution is -2.51. The number of unbranched alkanes of at least 4 members (excludes halogenated alkanes) is 37. The van der Waals surface area contributed by atoms with Crippen molar-refractivity contribution >= 4 is 28.1 Å². The molecule has 0 bridgehead atoms. The summed E-state index contributed by atoms with van der Waals surface area (Å²) in [7, 11) is 0. The van der Waals surface area contributed by atoms with Gasteiger partial charge >= 0.3 is 5.97 Å². The number of esters is 1. The van der Waals surface area contributed by atoms with Gasteiger partial charge in [-0.25, -0.2) is 0 Å². The van der Waals surface area contributed by atoms with Crippen LogP contribution < -0.4 is 47.4 Å². The maximum atomic E-state index is 13.2. The van der Waals surface area contributed by atoms with Gasteiger partial charge in [-0.15, -0.1) is 0 Å². The first-order valence-electron chi connectivity index (χ1n) is 60.1. The van der Waals surface area contributed by atoms with E-state index in [-0.39, 0.29) is 17.5 Å². The van der Waals surface area contributed by atoms with Crippen LogP contribution >= 0.6 is 0 Å². The van der Waals surface area contributed by atoms with Gasteiger partial charge in [-0.05, 0) is 337 Å². The SMILES string of the molecule is CCCCCCCCCCCCOc1ccc(C#Cc2ccc(OCCCCCCCOc3ccc(-c4ccc(OCCCCCCOc5ccc(N=Nc6ccc(OCCCCCOc7ccc8cc(OCCCCC(=O)O[C@H]9CC[C@@]%10(C)C(=CC[C@H]%11[C@@H]%12CC[C@H]([C@H](C)CCCC(C)C)[C@@]%12(C)CC[C@@H]%11%10)C9)ccc8c7)cc6)cc5)cc4)cc3)cc2)c(OCCCCCCCCCCCC)c1OCCCCCCCCCCCC. The summed E-state index contributed by atoms with van der Waals surface area (Å²) in [6, 6.07) is 57.2. The van der Waals surface area contributed by atoms with Crippen molar-refractivity contribution in [3.63, 3.8) is 0 Å². The Balaban J connectivity index is 0.453. The minimum absolute atomic E-state index is 0.00910. The van der Waals surface area contributed by atoms with Crippen LogP contribution in [0.3, 0.4) is 0 Å². The average Bonchev–Trinajstić information content (AvgIpc) is 1.51. The predicted molar refractivity (Wildman–Crippen MR) is 614 cm³/mol. The van der Waals surface area contributed by atoms with E-state index in [1.165, 1.54) is 218 Å². The van der Waals surface area contributed by atoms with Gasteiger partial charge in [0, 0.05) is 18.4 Å². The monoisotopic (exact) mass is 2020 g/mol. The number of hydrogen-bond acceptors (Lipinski definition) is 14. The predicted octanol–water partition coefficient (Wildman–Crippen LogP) is 38.8. The fourth-order valence-corrected chi connectivity index (χ4v) is 23.7. The number of ether oxygens (including phenoxy) is 11. The number of carbonyl (C=O) groups is 1. The van der Waals surface area contributed by atoms with Crippen LogP contribution in [0, 0.1) is 58.2 Å². The van der Waals surface area contributed by atoms with E-state index in [4.69, 9.17) is 52.1 Å². The van der Waals surface area contributed by atoms with Crippen LogP contribution in [0.4, 0.5) is 11.4 Å². The number of hydrogen-bond donors (Lipinski definition) is 0. The zero-order chi connectivity index (χ0) is 103.